The summed E-state index contributed by atoms with van der Waals surface area (Å²) in [7, 11) is 0. The fraction of sp³-hybridized carbons (Fsp3) is 0.500. The quantitative estimate of drug-likeness (QED) is 0.791. The lowest BCUT2D eigenvalue weighted by atomic mass is 10.2. The van der Waals surface area contributed by atoms with Gasteiger partial charge >= 0.3 is 6.36 Å². The van der Waals surface area contributed by atoms with Gasteiger partial charge in [-0.1, -0.05) is 6.07 Å². The topological polar surface area (TPSA) is 34.2 Å². The van der Waals surface area contributed by atoms with Gasteiger partial charge in [0.2, 0.25) is 0 Å². The van der Waals surface area contributed by atoms with Crippen LogP contribution in [0.3, 0.4) is 0 Å². The van der Waals surface area contributed by atoms with Crippen LogP contribution in [0, 0.1) is 6.92 Å². The minimum Gasteiger partial charge on any atom is -0.309 e. The summed E-state index contributed by atoms with van der Waals surface area (Å²) < 4.78 is 38.4. The molecule has 1 N–H and O–H groups in total. The lowest BCUT2D eigenvalue weighted by molar-refractivity contribution is -0.323. The van der Waals surface area contributed by atoms with Gasteiger partial charge in [-0.25, -0.2) is 0 Å². The molecule has 1 aromatic heterocycles. The van der Waals surface area contributed by atoms with Crippen LogP contribution < -0.4 is 5.32 Å². The van der Waals surface area contributed by atoms with Gasteiger partial charge in [0.1, 0.15) is 0 Å². The minimum atomic E-state index is -4.55. The summed E-state index contributed by atoms with van der Waals surface area (Å²) in [5.74, 6) is 0. The molecule has 0 radical (unpaired) electrons. The average Bonchev–Trinajstić information content (AvgIpc) is 2.18. The van der Waals surface area contributed by atoms with Crippen molar-refractivity contribution >= 4 is 0 Å². The van der Waals surface area contributed by atoms with Gasteiger partial charge in [0.25, 0.3) is 0 Å². The van der Waals surface area contributed by atoms with Gasteiger partial charge in [-0.15, -0.1) is 13.2 Å². The highest BCUT2D eigenvalue weighted by molar-refractivity contribution is 5.17. The van der Waals surface area contributed by atoms with E-state index in [0.717, 1.165) is 11.3 Å². The lowest BCUT2D eigenvalue weighted by Gasteiger charge is -2.08. The van der Waals surface area contributed by atoms with Crippen LogP contribution in [0.4, 0.5) is 13.2 Å². The summed E-state index contributed by atoms with van der Waals surface area (Å²) >= 11 is 0. The van der Waals surface area contributed by atoms with E-state index >= 15 is 0 Å². The Hall–Kier alpha value is -1.14. The lowest BCUT2D eigenvalue weighted by Crippen LogP contribution is -2.24. The molecule has 90 valence electrons. The second-order valence-electron chi connectivity index (χ2n) is 3.24. The van der Waals surface area contributed by atoms with Crippen molar-refractivity contribution in [2.75, 3.05) is 13.2 Å². The molecule has 0 bridgehead atoms. The Balaban J connectivity index is 2.19. The molecule has 0 saturated carbocycles. The van der Waals surface area contributed by atoms with Crippen molar-refractivity contribution in [3.05, 3.63) is 29.6 Å². The Morgan fingerprint density at radius 1 is 1.44 bits per heavy atom. The number of aromatic nitrogens is 1. The van der Waals surface area contributed by atoms with Gasteiger partial charge in [-0.05, 0) is 18.6 Å². The number of nitrogens with zero attached hydrogens (tertiary/aromatic N) is 1. The largest absolute Gasteiger partial charge is 0.522 e. The number of rotatable bonds is 5. The number of hydrogen-bond acceptors (Lipinski definition) is 3. The van der Waals surface area contributed by atoms with Crippen LogP contribution in [0.25, 0.3) is 0 Å². The van der Waals surface area contributed by atoms with Gasteiger partial charge in [-0.2, -0.15) is 0 Å². The van der Waals surface area contributed by atoms with Crippen molar-refractivity contribution in [1.29, 1.82) is 0 Å². The number of pyridine rings is 1. The van der Waals surface area contributed by atoms with Crippen LogP contribution in [-0.2, 0) is 11.3 Å². The fourth-order valence-electron chi connectivity index (χ4n) is 1.15. The second-order valence-corrected chi connectivity index (χ2v) is 3.24. The number of halogens is 3. The number of hydrogen-bond donors (Lipinski definition) is 1. The zero-order chi connectivity index (χ0) is 12.0. The smallest absolute Gasteiger partial charge is 0.309 e. The van der Waals surface area contributed by atoms with Gasteiger partial charge < -0.3 is 5.32 Å². The highest BCUT2D eigenvalue weighted by Gasteiger charge is 2.28. The molecule has 1 aromatic rings. The van der Waals surface area contributed by atoms with E-state index in [4.69, 9.17) is 0 Å². The first kappa shape index (κ1) is 12.9. The van der Waals surface area contributed by atoms with E-state index in [9.17, 15) is 13.2 Å². The Kier molecular flexibility index (Phi) is 4.70. The first-order chi connectivity index (χ1) is 7.49. The number of aryl methyl sites for hydroxylation is 1. The monoisotopic (exact) mass is 234 g/mol. The first-order valence-electron chi connectivity index (χ1n) is 4.81. The fourth-order valence-corrected chi connectivity index (χ4v) is 1.15. The summed E-state index contributed by atoms with van der Waals surface area (Å²) in [5.41, 5.74) is 1.83. The molecule has 6 heteroatoms. The minimum absolute atomic E-state index is 0.134. The molecule has 0 fully saturated rings. The maximum Gasteiger partial charge on any atom is 0.522 e. The molecule has 0 amide bonds. The van der Waals surface area contributed by atoms with Crippen molar-refractivity contribution in [3.8, 4) is 0 Å². The predicted octanol–water partition coefficient (Wildman–Crippen LogP) is 2.02. The van der Waals surface area contributed by atoms with E-state index in [1.807, 2.05) is 19.1 Å². The van der Waals surface area contributed by atoms with Crippen LogP contribution in [0.1, 0.15) is 11.3 Å². The Bertz CT molecular complexity index is 328. The Labute approximate surface area is 91.6 Å². The highest BCUT2D eigenvalue weighted by Crippen LogP contribution is 2.15. The SMILES string of the molecule is Cc1cccnc1CNCCOC(F)(F)F. The Morgan fingerprint density at radius 3 is 2.81 bits per heavy atom. The molecule has 0 spiro atoms. The molecular weight excluding hydrogens is 221 g/mol. The first-order valence-corrected chi connectivity index (χ1v) is 4.81. The van der Waals surface area contributed by atoms with E-state index in [-0.39, 0.29) is 6.54 Å². The summed E-state index contributed by atoms with van der Waals surface area (Å²) in [6.07, 6.45) is -2.90. The third-order valence-corrected chi connectivity index (χ3v) is 1.95. The summed E-state index contributed by atoms with van der Waals surface area (Å²) in [6.45, 7) is 2.08. The second kappa shape index (κ2) is 5.81. The highest BCUT2D eigenvalue weighted by atomic mass is 19.4. The molecule has 16 heavy (non-hydrogen) atoms. The molecule has 0 aromatic carbocycles. The van der Waals surface area contributed by atoms with Gasteiger partial charge in [0.15, 0.2) is 0 Å². The molecule has 0 saturated heterocycles. The molecule has 0 aliphatic carbocycles. The van der Waals surface area contributed by atoms with E-state index in [1.54, 1.807) is 6.20 Å². The molecular formula is C10H13F3N2O. The van der Waals surface area contributed by atoms with Gasteiger partial charge in [0, 0.05) is 19.3 Å². The molecule has 3 nitrogen and oxygen atoms in total. The van der Waals surface area contributed by atoms with Crippen molar-refractivity contribution in [3.63, 3.8) is 0 Å². The predicted molar refractivity (Wildman–Crippen MR) is 52.7 cm³/mol. The maximum absolute atomic E-state index is 11.6. The molecule has 1 rings (SSSR count). The number of ether oxygens (including phenoxy) is 1. The summed E-state index contributed by atoms with van der Waals surface area (Å²) in [6, 6.07) is 3.71. The van der Waals surface area contributed by atoms with Crippen molar-refractivity contribution in [1.82, 2.24) is 10.3 Å². The molecule has 0 aliphatic heterocycles. The van der Waals surface area contributed by atoms with E-state index in [2.05, 4.69) is 15.0 Å². The molecule has 0 atom stereocenters. The van der Waals surface area contributed by atoms with Gasteiger partial charge in [0.05, 0.1) is 12.3 Å². The van der Waals surface area contributed by atoms with Crippen LogP contribution in [0.2, 0.25) is 0 Å². The van der Waals surface area contributed by atoms with Gasteiger partial charge in [-0.3, -0.25) is 9.72 Å². The van der Waals surface area contributed by atoms with Crippen LogP contribution in [-0.4, -0.2) is 24.5 Å². The zero-order valence-electron chi connectivity index (χ0n) is 8.84. The summed E-state index contributed by atoms with van der Waals surface area (Å²) in [5, 5.41) is 2.83. The van der Waals surface area contributed by atoms with E-state index in [0.29, 0.717) is 6.54 Å². The number of nitrogens with one attached hydrogen (secondary N) is 1. The zero-order valence-corrected chi connectivity index (χ0v) is 8.84. The standard InChI is InChI=1S/C10H13F3N2O/c1-8-3-2-4-15-9(8)7-14-5-6-16-10(11,12)13/h2-4,14H,5-7H2,1H3. The average molecular weight is 234 g/mol. The van der Waals surface area contributed by atoms with Crippen molar-refractivity contribution < 1.29 is 17.9 Å². The van der Waals surface area contributed by atoms with Crippen molar-refractivity contribution in [2.24, 2.45) is 0 Å². The van der Waals surface area contributed by atoms with Crippen LogP contribution in [0.5, 0.6) is 0 Å². The Morgan fingerprint density at radius 2 is 2.19 bits per heavy atom. The molecule has 1 heterocycles. The van der Waals surface area contributed by atoms with Crippen LogP contribution >= 0.6 is 0 Å². The molecule has 0 aliphatic rings. The number of alkyl halides is 3. The van der Waals surface area contributed by atoms with Crippen LogP contribution in [0.15, 0.2) is 18.3 Å². The normalized spacial score (nSPS) is 11.8. The van der Waals surface area contributed by atoms with Crippen molar-refractivity contribution in [2.45, 2.75) is 19.8 Å². The third kappa shape index (κ3) is 5.09. The van der Waals surface area contributed by atoms with E-state index in [1.165, 1.54) is 0 Å². The third-order valence-electron chi connectivity index (χ3n) is 1.95. The summed E-state index contributed by atoms with van der Waals surface area (Å²) in [4.78, 5) is 4.10. The molecule has 0 unspecified atom stereocenters. The van der Waals surface area contributed by atoms with E-state index < -0.39 is 13.0 Å². The maximum atomic E-state index is 11.6.